The normalized spacial score (nSPS) is 18.1. The van der Waals surface area contributed by atoms with Crippen LogP contribution in [0.3, 0.4) is 0 Å². The number of phenolic OH excluding ortho intramolecular Hbond substituents is 2. The van der Waals surface area contributed by atoms with Crippen LogP contribution in [0, 0.1) is 0 Å². The first kappa shape index (κ1) is 32.6. The van der Waals surface area contributed by atoms with Gasteiger partial charge in [-0.3, -0.25) is 4.79 Å². The number of aromatic hydroxyl groups is 2. The third-order valence-electron chi connectivity index (χ3n) is 8.54. The van der Waals surface area contributed by atoms with Gasteiger partial charge >= 0.3 is 5.97 Å². The number of nitrogens with two attached hydrogens (primary N) is 1. The zero-order valence-corrected chi connectivity index (χ0v) is 26.5. The Kier molecular flexibility index (Phi) is 9.45. The van der Waals surface area contributed by atoms with E-state index >= 15 is 0 Å². The van der Waals surface area contributed by atoms with Crippen molar-refractivity contribution in [3.8, 4) is 17.2 Å². The molecule has 3 aromatic rings. The van der Waals surface area contributed by atoms with Crippen LogP contribution >= 0.6 is 0 Å². The molecule has 0 spiro atoms. The van der Waals surface area contributed by atoms with Crippen molar-refractivity contribution in [3.63, 3.8) is 0 Å². The highest BCUT2D eigenvalue weighted by Crippen LogP contribution is 2.50. The number of phenols is 2. The fourth-order valence-electron chi connectivity index (χ4n) is 6.08. The van der Waals surface area contributed by atoms with Gasteiger partial charge in [0.1, 0.15) is 52.3 Å². The first-order valence-electron chi connectivity index (χ1n) is 15.3. The lowest BCUT2D eigenvalue weighted by Crippen LogP contribution is -2.49. The summed E-state index contributed by atoms with van der Waals surface area (Å²) in [6.07, 6.45) is 5.53. The molecule has 11 nitrogen and oxygen atoms in total. The number of fused-ring (bicyclic) bond motifs is 2. The van der Waals surface area contributed by atoms with E-state index in [1.54, 1.807) is 58.2 Å². The van der Waals surface area contributed by atoms with Gasteiger partial charge in [0.2, 0.25) is 0 Å². The molecule has 0 bridgehead atoms. The number of rotatable bonds is 10. The van der Waals surface area contributed by atoms with Gasteiger partial charge in [-0.25, -0.2) is 4.79 Å². The lowest BCUT2D eigenvalue weighted by molar-refractivity contribution is -0.156. The van der Waals surface area contributed by atoms with Crippen LogP contribution < -0.4 is 26.5 Å². The van der Waals surface area contributed by atoms with Crippen molar-refractivity contribution < 1.29 is 34.0 Å². The maximum absolute atomic E-state index is 13.5. The third kappa shape index (κ3) is 6.47. The van der Waals surface area contributed by atoms with Crippen molar-refractivity contribution in [1.82, 2.24) is 10.6 Å². The summed E-state index contributed by atoms with van der Waals surface area (Å²) in [6, 6.07) is 7.99. The fourth-order valence-corrected chi connectivity index (χ4v) is 6.08. The smallest absolute Gasteiger partial charge is 0.334 e. The minimum atomic E-state index is -1.07. The van der Waals surface area contributed by atoms with Gasteiger partial charge in [0.25, 0.3) is 0 Å². The Labute approximate surface area is 267 Å². The van der Waals surface area contributed by atoms with Crippen LogP contribution in [0.1, 0.15) is 55.6 Å². The molecule has 0 aliphatic carbocycles. The van der Waals surface area contributed by atoms with Crippen molar-refractivity contribution in [2.45, 2.75) is 64.3 Å². The molecule has 0 amide bonds. The van der Waals surface area contributed by atoms with Crippen LogP contribution in [0.4, 0.5) is 0 Å². The molecular weight excluding hydrogens is 590 g/mol. The molecule has 0 saturated heterocycles. The zero-order chi connectivity index (χ0) is 33.2. The van der Waals surface area contributed by atoms with Gasteiger partial charge in [0, 0.05) is 41.6 Å². The monoisotopic (exact) mass is 631 g/mol. The summed E-state index contributed by atoms with van der Waals surface area (Å²) in [5.41, 5.74) is 7.52. The van der Waals surface area contributed by atoms with Crippen LogP contribution in [0.2, 0.25) is 0 Å². The summed E-state index contributed by atoms with van der Waals surface area (Å²) in [4.78, 5) is 26.8. The molecule has 3 heterocycles. The van der Waals surface area contributed by atoms with E-state index in [9.17, 15) is 24.9 Å². The SMILES string of the molecule is CC=C(CCNC)C(=O)OC1Cc2c(c(C(Cc3cccc(O)c3)C3=CCNC(N)=C3)c3oc(CO)cc(=O)c3c2O)OC1(C)C. The molecule has 2 aliphatic rings. The van der Waals surface area contributed by atoms with Crippen molar-refractivity contribution in [2.75, 3.05) is 20.1 Å². The Balaban J connectivity index is 1.74. The predicted molar refractivity (Wildman–Crippen MR) is 174 cm³/mol. The first-order valence-corrected chi connectivity index (χ1v) is 15.3. The maximum Gasteiger partial charge on any atom is 0.334 e. The largest absolute Gasteiger partial charge is 0.508 e. The lowest BCUT2D eigenvalue weighted by Gasteiger charge is -2.41. The number of allylic oxidation sites excluding steroid dienone is 3. The molecule has 2 aromatic carbocycles. The molecule has 5 rings (SSSR count). The van der Waals surface area contributed by atoms with Gasteiger partial charge in [0.15, 0.2) is 5.43 Å². The number of aliphatic hydroxyl groups excluding tert-OH is 1. The van der Waals surface area contributed by atoms with E-state index in [1.165, 1.54) is 0 Å². The van der Waals surface area contributed by atoms with Crippen LogP contribution in [-0.2, 0) is 29.0 Å². The third-order valence-corrected chi connectivity index (χ3v) is 8.54. The lowest BCUT2D eigenvalue weighted by atomic mass is 9.79. The molecule has 0 saturated carbocycles. The van der Waals surface area contributed by atoms with E-state index in [2.05, 4.69) is 10.6 Å². The number of esters is 1. The van der Waals surface area contributed by atoms with E-state index in [4.69, 9.17) is 19.6 Å². The van der Waals surface area contributed by atoms with Gasteiger partial charge in [-0.2, -0.15) is 0 Å². The summed E-state index contributed by atoms with van der Waals surface area (Å²) in [7, 11) is 1.80. The zero-order valence-electron chi connectivity index (χ0n) is 26.5. The average Bonchev–Trinajstić information content (AvgIpc) is 3.01. The van der Waals surface area contributed by atoms with E-state index in [-0.39, 0.29) is 34.6 Å². The van der Waals surface area contributed by atoms with Gasteiger partial charge in [-0.05, 0) is 76.6 Å². The second kappa shape index (κ2) is 13.3. The average molecular weight is 632 g/mol. The number of ether oxygens (including phenoxy) is 2. The number of carbonyl (C=O) groups excluding carboxylic acids is 1. The molecule has 2 aliphatic heterocycles. The van der Waals surface area contributed by atoms with Crippen LogP contribution in [-0.4, -0.2) is 53.1 Å². The maximum atomic E-state index is 13.5. The summed E-state index contributed by atoms with van der Waals surface area (Å²) in [6.45, 7) is 5.88. The highest BCUT2D eigenvalue weighted by Gasteiger charge is 2.44. The van der Waals surface area contributed by atoms with Gasteiger partial charge in [-0.15, -0.1) is 0 Å². The second-order valence-electron chi connectivity index (χ2n) is 12.1. The van der Waals surface area contributed by atoms with Gasteiger partial charge in [-0.1, -0.05) is 24.3 Å². The number of hydrogen-bond donors (Lipinski definition) is 6. The predicted octanol–water partition coefficient (Wildman–Crippen LogP) is 3.53. The number of carbonyl (C=O) groups is 1. The van der Waals surface area contributed by atoms with E-state index < -0.39 is 35.6 Å². The Morgan fingerprint density at radius 1 is 1.28 bits per heavy atom. The topological polar surface area (TPSA) is 177 Å². The molecule has 2 unspecified atom stereocenters. The molecule has 46 heavy (non-hydrogen) atoms. The Morgan fingerprint density at radius 3 is 2.74 bits per heavy atom. The number of hydrogen-bond acceptors (Lipinski definition) is 11. The number of dihydropyridines is 1. The van der Waals surface area contributed by atoms with Crippen molar-refractivity contribution in [3.05, 3.63) is 98.2 Å². The highest BCUT2D eigenvalue weighted by molar-refractivity contribution is 5.92. The Bertz CT molecular complexity index is 1800. The molecule has 2 atom stereocenters. The quantitative estimate of drug-likeness (QED) is 0.143. The highest BCUT2D eigenvalue weighted by atomic mass is 16.6. The van der Waals surface area contributed by atoms with Crippen molar-refractivity contribution in [1.29, 1.82) is 0 Å². The molecule has 244 valence electrons. The van der Waals surface area contributed by atoms with Crippen LogP contribution in [0.15, 0.2) is 74.7 Å². The van der Waals surface area contributed by atoms with E-state index in [0.717, 1.165) is 17.2 Å². The fraction of sp³-hybridized carbons (Fsp3) is 0.371. The van der Waals surface area contributed by atoms with E-state index in [1.807, 2.05) is 12.1 Å². The number of benzene rings is 2. The summed E-state index contributed by atoms with van der Waals surface area (Å²) >= 11 is 0. The molecule has 11 heteroatoms. The van der Waals surface area contributed by atoms with Crippen molar-refractivity contribution >= 4 is 16.9 Å². The first-order chi connectivity index (χ1) is 22.0. The van der Waals surface area contributed by atoms with E-state index in [0.29, 0.717) is 54.2 Å². The molecule has 1 aromatic heterocycles. The minimum absolute atomic E-state index is 0.0193. The minimum Gasteiger partial charge on any atom is -0.508 e. The molecule has 0 radical (unpaired) electrons. The number of aliphatic hydroxyl groups is 1. The van der Waals surface area contributed by atoms with Crippen LogP contribution in [0.25, 0.3) is 11.0 Å². The second-order valence-corrected chi connectivity index (χ2v) is 12.1. The van der Waals surface area contributed by atoms with Crippen LogP contribution in [0.5, 0.6) is 17.2 Å². The standard InChI is InChI=1S/C35H41N3O8/c1-5-20(9-11-37-4)34(43)45-27-17-25-31(42)30-26(41)16-23(18-39)44-33(30)29(32(25)46-35(27,2)3)24(21-10-12-38-28(36)15-21)14-19-7-6-8-22(40)13-19/h5-8,10,13,15-16,24,27,37-40,42H,9,11-12,14,17-18,36H2,1-4H3. The number of nitrogens with one attached hydrogen (secondary N) is 2. The molecule has 0 fully saturated rings. The van der Waals surface area contributed by atoms with Crippen molar-refractivity contribution in [2.24, 2.45) is 5.73 Å². The van der Waals surface area contributed by atoms with Gasteiger partial charge < -0.3 is 45.6 Å². The molecular formula is C35H41N3O8. The Hall–Kier alpha value is -4.74. The molecule has 7 N–H and O–H groups in total. The summed E-state index contributed by atoms with van der Waals surface area (Å²) in [5, 5.41) is 37.9. The van der Waals surface area contributed by atoms with Gasteiger partial charge in [0.05, 0.1) is 5.82 Å². The summed E-state index contributed by atoms with van der Waals surface area (Å²) < 4.78 is 18.8. The summed E-state index contributed by atoms with van der Waals surface area (Å²) in [5.74, 6) is -0.520. The Morgan fingerprint density at radius 2 is 2.07 bits per heavy atom.